The SMILES string of the molecule is CCCN1CCn2c(nc3cc(NC(=O)Cn4nc(C)c5ccccc5c4=O)ccc32)C1. The fraction of sp³-hybridized carbons (Fsp3) is 0.333. The van der Waals surface area contributed by atoms with E-state index < -0.39 is 0 Å². The second kappa shape index (κ2) is 8.20. The molecule has 0 saturated heterocycles. The Morgan fingerprint density at radius 2 is 1.94 bits per heavy atom. The normalized spacial score (nSPS) is 14.1. The summed E-state index contributed by atoms with van der Waals surface area (Å²) in [6, 6.07) is 13.1. The molecule has 2 aromatic heterocycles. The number of imidazole rings is 1. The third kappa shape index (κ3) is 3.67. The number of hydrogen-bond acceptors (Lipinski definition) is 5. The molecule has 1 aliphatic heterocycles. The predicted octanol–water partition coefficient (Wildman–Crippen LogP) is 2.92. The molecule has 0 unspecified atom stereocenters. The van der Waals surface area contributed by atoms with Crippen molar-refractivity contribution in [3.63, 3.8) is 0 Å². The van der Waals surface area contributed by atoms with Gasteiger partial charge in [-0.1, -0.05) is 25.1 Å². The van der Waals surface area contributed by atoms with Crippen LogP contribution >= 0.6 is 0 Å². The van der Waals surface area contributed by atoms with Crippen molar-refractivity contribution in [3.8, 4) is 0 Å². The van der Waals surface area contributed by atoms with Crippen molar-refractivity contribution in [2.24, 2.45) is 0 Å². The molecule has 0 fully saturated rings. The van der Waals surface area contributed by atoms with E-state index in [-0.39, 0.29) is 18.0 Å². The molecule has 0 bridgehead atoms. The first-order valence-corrected chi connectivity index (χ1v) is 11.0. The summed E-state index contributed by atoms with van der Waals surface area (Å²) in [5, 5.41) is 8.58. The number of anilines is 1. The first-order valence-electron chi connectivity index (χ1n) is 11.0. The van der Waals surface area contributed by atoms with Crippen molar-refractivity contribution in [1.29, 1.82) is 0 Å². The fourth-order valence-electron chi connectivity index (χ4n) is 4.50. The second-order valence-corrected chi connectivity index (χ2v) is 8.30. The lowest BCUT2D eigenvalue weighted by atomic mass is 10.1. The molecule has 4 aromatic rings. The molecule has 8 heteroatoms. The molecule has 1 aliphatic rings. The molecule has 0 saturated carbocycles. The van der Waals surface area contributed by atoms with Gasteiger partial charge in [-0.2, -0.15) is 5.10 Å². The molecule has 3 heterocycles. The van der Waals surface area contributed by atoms with Crippen LogP contribution in [0.25, 0.3) is 21.8 Å². The molecule has 32 heavy (non-hydrogen) atoms. The van der Waals surface area contributed by atoms with Gasteiger partial charge in [0.1, 0.15) is 12.4 Å². The lowest BCUT2D eigenvalue weighted by Gasteiger charge is -2.27. The minimum atomic E-state index is -0.299. The average Bonchev–Trinajstić information content (AvgIpc) is 3.14. The maximum atomic E-state index is 12.7. The molecular weight excluding hydrogens is 404 g/mol. The van der Waals surface area contributed by atoms with Crippen molar-refractivity contribution >= 4 is 33.4 Å². The zero-order chi connectivity index (χ0) is 22.2. The van der Waals surface area contributed by atoms with E-state index >= 15 is 0 Å². The highest BCUT2D eigenvalue weighted by Gasteiger charge is 2.20. The number of carbonyl (C=O) groups is 1. The summed E-state index contributed by atoms with van der Waals surface area (Å²) in [4.78, 5) is 32.6. The monoisotopic (exact) mass is 430 g/mol. The number of rotatable bonds is 5. The van der Waals surface area contributed by atoms with Gasteiger partial charge in [-0.25, -0.2) is 9.67 Å². The van der Waals surface area contributed by atoms with Gasteiger partial charge < -0.3 is 9.88 Å². The van der Waals surface area contributed by atoms with Crippen LogP contribution in [-0.4, -0.2) is 43.2 Å². The second-order valence-electron chi connectivity index (χ2n) is 8.30. The molecule has 1 N–H and O–H groups in total. The highest BCUT2D eigenvalue weighted by Crippen LogP contribution is 2.24. The third-order valence-electron chi connectivity index (χ3n) is 6.00. The smallest absolute Gasteiger partial charge is 0.275 e. The van der Waals surface area contributed by atoms with E-state index in [2.05, 4.69) is 26.8 Å². The zero-order valence-electron chi connectivity index (χ0n) is 18.3. The topological polar surface area (TPSA) is 85.1 Å². The van der Waals surface area contributed by atoms with Gasteiger partial charge in [0.15, 0.2) is 0 Å². The van der Waals surface area contributed by atoms with Crippen molar-refractivity contribution in [1.82, 2.24) is 24.2 Å². The van der Waals surface area contributed by atoms with Crippen LogP contribution in [-0.2, 0) is 24.4 Å². The summed E-state index contributed by atoms with van der Waals surface area (Å²) < 4.78 is 3.48. The Labute approximate surface area is 185 Å². The van der Waals surface area contributed by atoms with Gasteiger partial charge in [0.05, 0.1) is 28.7 Å². The summed E-state index contributed by atoms with van der Waals surface area (Å²) in [7, 11) is 0. The molecule has 0 spiro atoms. The van der Waals surface area contributed by atoms with Gasteiger partial charge in [0.2, 0.25) is 5.91 Å². The van der Waals surface area contributed by atoms with Crippen LogP contribution in [0.15, 0.2) is 47.3 Å². The van der Waals surface area contributed by atoms with Gasteiger partial charge in [-0.3, -0.25) is 14.5 Å². The Morgan fingerprint density at radius 1 is 1.12 bits per heavy atom. The number of benzene rings is 2. The molecule has 1 amide bonds. The van der Waals surface area contributed by atoms with Crippen LogP contribution in [0.2, 0.25) is 0 Å². The third-order valence-corrected chi connectivity index (χ3v) is 6.00. The zero-order valence-corrected chi connectivity index (χ0v) is 18.3. The first-order chi connectivity index (χ1) is 15.5. The van der Waals surface area contributed by atoms with Crippen LogP contribution < -0.4 is 10.9 Å². The number of hydrogen-bond donors (Lipinski definition) is 1. The van der Waals surface area contributed by atoms with Crippen molar-refractivity contribution in [3.05, 3.63) is 64.3 Å². The number of aromatic nitrogens is 4. The van der Waals surface area contributed by atoms with Crippen LogP contribution in [0.4, 0.5) is 5.69 Å². The fourth-order valence-corrected chi connectivity index (χ4v) is 4.50. The number of carbonyl (C=O) groups excluding carboxylic acids is 1. The molecule has 164 valence electrons. The van der Waals surface area contributed by atoms with E-state index in [9.17, 15) is 9.59 Å². The minimum absolute atomic E-state index is 0.145. The van der Waals surface area contributed by atoms with E-state index in [1.165, 1.54) is 4.68 Å². The van der Waals surface area contributed by atoms with Crippen LogP contribution in [0.1, 0.15) is 24.9 Å². The van der Waals surface area contributed by atoms with E-state index in [0.29, 0.717) is 11.1 Å². The molecule has 0 atom stereocenters. The van der Waals surface area contributed by atoms with E-state index in [1.54, 1.807) is 6.07 Å². The Hall–Kier alpha value is -3.52. The van der Waals surface area contributed by atoms with E-state index in [0.717, 1.165) is 60.5 Å². The summed E-state index contributed by atoms with van der Waals surface area (Å²) in [6.07, 6.45) is 1.13. The van der Waals surface area contributed by atoms with Gasteiger partial charge in [-0.05, 0) is 44.2 Å². The maximum absolute atomic E-state index is 12.7. The summed E-state index contributed by atoms with van der Waals surface area (Å²) in [5.41, 5.74) is 3.06. The maximum Gasteiger partial charge on any atom is 0.275 e. The average molecular weight is 431 g/mol. The lowest BCUT2D eigenvalue weighted by molar-refractivity contribution is -0.117. The number of nitrogens with zero attached hydrogens (tertiary/aromatic N) is 5. The summed E-state index contributed by atoms with van der Waals surface area (Å²) in [6.45, 7) is 7.76. The Kier molecular flexibility index (Phi) is 5.22. The minimum Gasteiger partial charge on any atom is -0.326 e. The Balaban J connectivity index is 1.36. The number of nitrogens with one attached hydrogen (secondary N) is 1. The van der Waals surface area contributed by atoms with Crippen molar-refractivity contribution in [2.45, 2.75) is 39.9 Å². The highest BCUT2D eigenvalue weighted by atomic mass is 16.2. The van der Waals surface area contributed by atoms with Crippen molar-refractivity contribution < 1.29 is 4.79 Å². The highest BCUT2D eigenvalue weighted by molar-refractivity contribution is 5.93. The summed E-state index contributed by atoms with van der Waals surface area (Å²) in [5.74, 6) is 0.761. The van der Waals surface area contributed by atoms with Crippen LogP contribution in [0, 0.1) is 6.92 Å². The standard InChI is InChI=1S/C24H26N6O2/c1-3-10-28-11-12-29-21-9-8-17(13-20(21)26-22(29)14-28)25-23(31)15-30-24(32)19-7-5-4-6-18(19)16(2)27-30/h4-9,13H,3,10-12,14-15H2,1-2H3,(H,25,31). The van der Waals surface area contributed by atoms with Gasteiger partial charge in [0, 0.05) is 24.2 Å². The quantitative estimate of drug-likeness (QED) is 0.526. The van der Waals surface area contributed by atoms with Gasteiger partial charge in [-0.15, -0.1) is 0 Å². The first kappa shape index (κ1) is 20.4. The summed E-state index contributed by atoms with van der Waals surface area (Å²) >= 11 is 0. The van der Waals surface area contributed by atoms with Crippen LogP contribution in [0.3, 0.4) is 0 Å². The largest absolute Gasteiger partial charge is 0.326 e. The van der Waals surface area contributed by atoms with Crippen molar-refractivity contribution in [2.75, 3.05) is 18.4 Å². The van der Waals surface area contributed by atoms with Crippen LogP contribution in [0.5, 0.6) is 0 Å². The molecule has 2 aromatic carbocycles. The molecule has 0 radical (unpaired) electrons. The predicted molar refractivity (Wildman–Crippen MR) is 125 cm³/mol. The molecule has 5 rings (SSSR count). The Morgan fingerprint density at radius 3 is 2.75 bits per heavy atom. The van der Waals surface area contributed by atoms with E-state index in [1.807, 2.05) is 43.3 Å². The molecule has 0 aliphatic carbocycles. The number of fused-ring (bicyclic) bond motifs is 4. The molecular formula is C24H26N6O2. The van der Waals surface area contributed by atoms with Gasteiger partial charge in [0.25, 0.3) is 5.56 Å². The number of amides is 1. The molecule has 8 nitrogen and oxygen atoms in total. The lowest BCUT2D eigenvalue weighted by Crippen LogP contribution is -2.34. The number of aryl methyl sites for hydroxylation is 1. The van der Waals surface area contributed by atoms with Gasteiger partial charge >= 0.3 is 0 Å². The Bertz CT molecular complexity index is 1390. The van der Waals surface area contributed by atoms with E-state index in [4.69, 9.17) is 4.98 Å².